The minimum atomic E-state index is -0.176. The van der Waals surface area contributed by atoms with Gasteiger partial charge in [-0.1, -0.05) is 38.1 Å². The summed E-state index contributed by atoms with van der Waals surface area (Å²) in [6.07, 6.45) is 4.91. The van der Waals surface area contributed by atoms with Gasteiger partial charge in [-0.25, -0.2) is 9.67 Å². The number of nitrogens with zero attached hydrogens (tertiary/aromatic N) is 4. The first-order valence-corrected chi connectivity index (χ1v) is 6.63. The Bertz CT molecular complexity index is 783. The van der Waals surface area contributed by atoms with Crippen LogP contribution in [0.3, 0.4) is 0 Å². The smallest absolute Gasteiger partial charge is 0.284 e. The third kappa shape index (κ3) is 2.22. The van der Waals surface area contributed by atoms with Crippen LogP contribution >= 0.6 is 0 Å². The van der Waals surface area contributed by atoms with Crippen molar-refractivity contribution in [2.45, 2.75) is 26.3 Å². The summed E-state index contributed by atoms with van der Waals surface area (Å²) in [5.74, 6) is 0.506. The van der Waals surface area contributed by atoms with Crippen molar-refractivity contribution >= 4 is 5.65 Å². The van der Waals surface area contributed by atoms with Gasteiger partial charge in [0.1, 0.15) is 6.33 Å². The molecule has 0 bridgehead atoms. The van der Waals surface area contributed by atoms with E-state index in [9.17, 15) is 4.79 Å². The maximum absolute atomic E-state index is 12.2. The van der Waals surface area contributed by atoms with Gasteiger partial charge in [-0.05, 0) is 17.0 Å². The maximum atomic E-state index is 12.2. The van der Waals surface area contributed by atoms with Crippen LogP contribution in [0.25, 0.3) is 5.65 Å². The molecule has 3 aromatic rings. The Balaban J connectivity index is 1.92. The molecule has 0 N–H and O–H groups in total. The summed E-state index contributed by atoms with van der Waals surface area (Å²) in [5, 5.41) is 4.16. The molecule has 0 saturated carbocycles. The highest BCUT2D eigenvalue weighted by atomic mass is 16.1. The molecule has 20 heavy (non-hydrogen) atoms. The largest absolute Gasteiger partial charge is 0.310 e. The van der Waals surface area contributed by atoms with E-state index in [-0.39, 0.29) is 5.56 Å². The van der Waals surface area contributed by atoms with E-state index in [1.807, 2.05) is 12.1 Å². The van der Waals surface area contributed by atoms with Crippen molar-refractivity contribution in [3.8, 4) is 0 Å². The van der Waals surface area contributed by atoms with Crippen LogP contribution in [-0.4, -0.2) is 19.2 Å². The highest BCUT2D eigenvalue weighted by molar-refractivity contribution is 5.33. The van der Waals surface area contributed by atoms with E-state index in [0.29, 0.717) is 18.1 Å². The van der Waals surface area contributed by atoms with Crippen molar-refractivity contribution in [2.75, 3.05) is 0 Å². The van der Waals surface area contributed by atoms with Gasteiger partial charge < -0.3 is 0 Å². The fraction of sp³-hybridized carbons (Fsp3) is 0.267. The molecule has 3 rings (SSSR count). The minimum Gasteiger partial charge on any atom is -0.284 e. The third-order valence-electron chi connectivity index (χ3n) is 3.39. The average Bonchev–Trinajstić information content (AvgIpc) is 2.92. The molecule has 1 aromatic carbocycles. The Morgan fingerprint density at radius 2 is 1.95 bits per heavy atom. The molecule has 0 saturated heterocycles. The molecule has 102 valence electrons. The number of fused-ring (bicyclic) bond motifs is 1. The van der Waals surface area contributed by atoms with Crippen molar-refractivity contribution in [2.24, 2.45) is 0 Å². The lowest BCUT2D eigenvalue weighted by Gasteiger charge is -2.08. The lowest BCUT2D eigenvalue weighted by atomic mass is 10.0. The summed E-state index contributed by atoms with van der Waals surface area (Å²) in [6.45, 7) is 4.78. The molecule has 0 amide bonds. The van der Waals surface area contributed by atoms with E-state index in [1.54, 1.807) is 23.1 Å². The lowest BCUT2D eigenvalue weighted by Crippen LogP contribution is -2.25. The number of rotatable bonds is 3. The van der Waals surface area contributed by atoms with Gasteiger partial charge in [-0.2, -0.15) is 5.10 Å². The molecule has 0 aliphatic heterocycles. The van der Waals surface area contributed by atoms with Gasteiger partial charge in [0, 0.05) is 12.4 Å². The molecule has 5 heteroatoms. The Morgan fingerprint density at radius 1 is 1.20 bits per heavy atom. The van der Waals surface area contributed by atoms with Crippen LogP contribution in [0.15, 0.2) is 47.8 Å². The zero-order valence-electron chi connectivity index (χ0n) is 11.5. The molecule has 0 radical (unpaired) electrons. The van der Waals surface area contributed by atoms with Gasteiger partial charge >= 0.3 is 5.56 Å². The fourth-order valence-electron chi connectivity index (χ4n) is 2.15. The van der Waals surface area contributed by atoms with Crippen LogP contribution in [0.5, 0.6) is 0 Å². The topological polar surface area (TPSA) is 52.2 Å². The molecule has 0 aliphatic carbocycles. The number of imidazole rings is 1. The first-order chi connectivity index (χ1) is 9.65. The van der Waals surface area contributed by atoms with E-state index in [4.69, 9.17) is 0 Å². The fourth-order valence-corrected chi connectivity index (χ4v) is 2.15. The quantitative estimate of drug-likeness (QED) is 0.730. The summed E-state index contributed by atoms with van der Waals surface area (Å²) in [4.78, 5) is 16.2. The summed E-state index contributed by atoms with van der Waals surface area (Å²) in [7, 11) is 0. The Kier molecular flexibility index (Phi) is 3.10. The summed E-state index contributed by atoms with van der Waals surface area (Å²) in [6, 6.07) is 8.27. The summed E-state index contributed by atoms with van der Waals surface area (Å²) >= 11 is 0. The zero-order valence-corrected chi connectivity index (χ0v) is 11.5. The molecule has 5 nitrogen and oxygen atoms in total. The Hall–Kier alpha value is -2.43. The second-order valence-electron chi connectivity index (χ2n) is 5.15. The second kappa shape index (κ2) is 4.92. The van der Waals surface area contributed by atoms with Crippen LogP contribution in [0.4, 0.5) is 0 Å². The van der Waals surface area contributed by atoms with Crippen molar-refractivity contribution in [3.63, 3.8) is 0 Å². The van der Waals surface area contributed by atoms with Gasteiger partial charge in [0.15, 0.2) is 0 Å². The van der Waals surface area contributed by atoms with E-state index < -0.39 is 0 Å². The lowest BCUT2D eigenvalue weighted by molar-refractivity contribution is 0.626. The van der Waals surface area contributed by atoms with Crippen molar-refractivity contribution in [1.29, 1.82) is 0 Å². The Labute approximate surface area is 116 Å². The van der Waals surface area contributed by atoms with Crippen molar-refractivity contribution in [3.05, 3.63) is 64.5 Å². The van der Waals surface area contributed by atoms with Crippen molar-refractivity contribution < 1.29 is 0 Å². The maximum Gasteiger partial charge on any atom is 0.310 e. The van der Waals surface area contributed by atoms with Crippen LogP contribution in [-0.2, 0) is 6.54 Å². The summed E-state index contributed by atoms with van der Waals surface area (Å²) < 4.78 is 3.06. The van der Waals surface area contributed by atoms with E-state index >= 15 is 0 Å². The molecule has 0 atom stereocenters. The van der Waals surface area contributed by atoms with Crippen LogP contribution in [0.1, 0.15) is 30.9 Å². The SMILES string of the molecule is CC(C)c1ccc(Cn2ncn3ccnc3c2=O)cc1. The van der Waals surface area contributed by atoms with Gasteiger partial charge in [-0.15, -0.1) is 0 Å². The van der Waals surface area contributed by atoms with Crippen LogP contribution in [0, 0.1) is 0 Å². The van der Waals surface area contributed by atoms with Gasteiger partial charge in [0.2, 0.25) is 5.65 Å². The molecular formula is C15H16N4O. The number of hydrogen-bond donors (Lipinski definition) is 0. The molecule has 0 fully saturated rings. The molecule has 0 aliphatic rings. The van der Waals surface area contributed by atoms with E-state index in [0.717, 1.165) is 5.56 Å². The van der Waals surface area contributed by atoms with Crippen LogP contribution < -0.4 is 5.56 Å². The normalized spacial score (nSPS) is 11.3. The van der Waals surface area contributed by atoms with Gasteiger partial charge in [0.25, 0.3) is 0 Å². The minimum absolute atomic E-state index is 0.176. The number of aromatic nitrogens is 4. The standard InChI is InChI=1S/C15H16N4O/c1-11(2)13-5-3-12(4-6-13)9-19-15(20)14-16-7-8-18(14)10-17-19/h3-8,10-11H,9H2,1-2H3. The highest BCUT2D eigenvalue weighted by Crippen LogP contribution is 2.14. The predicted octanol–water partition coefficient (Wildman–Crippen LogP) is 2.06. The monoisotopic (exact) mass is 268 g/mol. The zero-order chi connectivity index (χ0) is 14.1. The van der Waals surface area contributed by atoms with Gasteiger partial charge in [0.05, 0.1) is 6.54 Å². The molecule has 0 unspecified atom stereocenters. The first-order valence-electron chi connectivity index (χ1n) is 6.63. The molecule has 2 aromatic heterocycles. The second-order valence-corrected chi connectivity index (χ2v) is 5.15. The third-order valence-corrected chi connectivity index (χ3v) is 3.39. The molecular weight excluding hydrogens is 252 g/mol. The van der Waals surface area contributed by atoms with Gasteiger partial charge in [-0.3, -0.25) is 9.20 Å². The summed E-state index contributed by atoms with van der Waals surface area (Å²) in [5.41, 5.74) is 2.57. The number of hydrogen-bond acceptors (Lipinski definition) is 3. The van der Waals surface area contributed by atoms with Crippen LogP contribution in [0.2, 0.25) is 0 Å². The molecule has 0 spiro atoms. The van der Waals surface area contributed by atoms with E-state index in [1.165, 1.54) is 10.2 Å². The molecule has 2 heterocycles. The predicted molar refractivity (Wildman–Crippen MR) is 76.9 cm³/mol. The van der Waals surface area contributed by atoms with E-state index in [2.05, 4.69) is 36.1 Å². The first kappa shape index (κ1) is 12.6. The Morgan fingerprint density at radius 3 is 2.65 bits per heavy atom. The average molecular weight is 268 g/mol. The highest BCUT2D eigenvalue weighted by Gasteiger charge is 2.06. The van der Waals surface area contributed by atoms with Crippen molar-refractivity contribution in [1.82, 2.24) is 19.2 Å². The number of benzene rings is 1.